The molecular weight excluding hydrogens is 368 g/mol. The molecule has 0 aliphatic rings. The van der Waals surface area contributed by atoms with Gasteiger partial charge < -0.3 is 19.4 Å². The zero-order valence-electron chi connectivity index (χ0n) is 15.6. The van der Waals surface area contributed by atoms with Crippen molar-refractivity contribution in [1.29, 1.82) is 0 Å². The molecule has 0 atom stereocenters. The maximum absolute atomic E-state index is 12.4. The van der Waals surface area contributed by atoms with Crippen molar-refractivity contribution in [2.75, 3.05) is 12.4 Å². The highest BCUT2D eigenvalue weighted by Gasteiger charge is 2.08. The topological polar surface area (TPSA) is 78.3 Å². The molecule has 0 unspecified atom stereocenters. The fourth-order valence-electron chi connectivity index (χ4n) is 2.69. The normalized spacial score (nSPS) is 10.4. The van der Waals surface area contributed by atoms with Crippen molar-refractivity contribution < 1.29 is 14.3 Å². The molecule has 144 valence electrons. The molecule has 0 fully saturated rings. The minimum Gasteiger partial charge on any atom is -0.497 e. The summed E-state index contributed by atoms with van der Waals surface area (Å²) in [7, 11) is 1.56. The first kappa shape index (κ1) is 18.2. The molecule has 0 aliphatic carbocycles. The lowest BCUT2D eigenvalue weighted by Crippen LogP contribution is -2.11. The van der Waals surface area contributed by atoms with Gasteiger partial charge >= 0.3 is 0 Å². The lowest BCUT2D eigenvalue weighted by atomic mass is 10.2. The number of nitrogens with zero attached hydrogens (tertiary/aromatic N) is 3. The van der Waals surface area contributed by atoms with Gasteiger partial charge in [-0.25, -0.2) is 0 Å². The summed E-state index contributed by atoms with van der Waals surface area (Å²) < 4.78 is 12.7. The maximum Gasteiger partial charge on any atom is 0.255 e. The Labute approximate surface area is 167 Å². The molecule has 0 aliphatic heterocycles. The number of ether oxygens (including phenoxy) is 2. The van der Waals surface area contributed by atoms with Crippen LogP contribution in [0, 0.1) is 0 Å². The fraction of sp³-hybridized carbons (Fsp3) is 0.0455. The summed E-state index contributed by atoms with van der Waals surface area (Å²) in [5, 5.41) is 11.1. The Bertz CT molecular complexity index is 1090. The van der Waals surface area contributed by atoms with Crippen LogP contribution in [0.4, 0.5) is 5.69 Å². The van der Waals surface area contributed by atoms with Crippen LogP contribution in [0.3, 0.4) is 0 Å². The van der Waals surface area contributed by atoms with Gasteiger partial charge in [-0.1, -0.05) is 6.07 Å². The second-order valence-electron chi connectivity index (χ2n) is 6.13. The lowest BCUT2D eigenvalue weighted by Gasteiger charge is -2.08. The Morgan fingerprint density at radius 1 is 0.897 bits per heavy atom. The highest BCUT2D eigenvalue weighted by Crippen LogP contribution is 2.22. The Hall–Kier alpha value is -4.13. The van der Waals surface area contributed by atoms with Gasteiger partial charge in [0.25, 0.3) is 5.91 Å². The van der Waals surface area contributed by atoms with Gasteiger partial charge in [0.1, 0.15) is 11.5 Å². The summed E-state index contributed by atoms with van der Waals surface area (Å²) in [6.07, 6.45) is 3.78. The second-order valence-corrected chi connectivity index (χ2v) is 6.13. The van der Waals surface area contributed by atoms with Crippen LogP contribution in [0.25, 0.3) is 5.82 Å². The summed E-state index contributed by atoms with van der Waals surface area (Å²) in [6.45, 7) is 0. The number of amides is 1. The molecule has 2 aromatic carbocycles. The average molecular weight is 386 g/mol. The number of aromatic nitrogens is 3. The first-order valence-electron chi connectivity index (χ1n) is 8.92. The molecule has 29 heavy (non-hydrogen) atoms. The van der Waals surface area contributed by atoms with Crippen LogP contribution in [0.15, 0.2) is 85.2 Å². The van der Waals surface area contributed by atoms with E-state index in [1.807, 2.05) is 35.2 Å². The van der Waals surface area contributed by atoms with Crippen LogP contribution >= 0.6 is 0 Å². The van der Waals surface area contributed by atoms with Gasteiger partial charge in [0.2, 0.25) is 5.88 Å². The third-order valence-electron chi connectivity index (χ3n) is 4.16. The Balaban J connectivity index is 1.39. The lowest BCUT2D eigenvalue weighted by molar-refractivity contribution is 0.102. The van der Waals surface area contributed by atoms with Crippen molar-refractivity contribution in [2.24, 2.45) is 0 Å². The van der Waals surface area contributed by atoms with E-state index in [1.54, 1.807) is 61.7 Å². The summed E-state index contributed by atoms with van der Waals surface area (Å²) >= 11 is 0. The monoisotopic (exact) mass is 386 g/mol. The molecule has 0 spiro atoms. The number of benzene rings is 2. The number of hydrogen-bond donors (Lipinski definition) is 1. The molecular formula is C22H18N4O3. The third-order valence-corrected chi connectivity index (χ3v) is 4.16. The van der Waals surface area contributed by atoms with E-state index in [2.05, 4.69) is 15.5 Å². The minimum atomic E-state index is -0.218. The number of carbonyl (C=O) groups is 1. The van der Waals surface area contributed by atoms with Gasteiger partial charge in [0.05, 0.1) is 7.11 Å². The predicted octanol–water partition coefficient (Wildman–Crippen LogP) is 4.32. The quantitative estimate of drug-likeness (QED) is 0.534. The highest BCUT2D eigenvalue weighted by molar-refractivity contribution is 6.04. The summed E-state index contributed by atoms with van der Waals surface area (Å²) in [4.78, 5) is 12.4. The fourth-order valence-corrected chi connectivity index (χ4v) is 2.69. The standard InChI is InChI=1S/C22H18N4O3/c1-28-19-6-4-5-16(15-19)22(27)23-17-7-9-18(10-8-17)29-21-12-11-20(24-25-21)26-13-2-3-14-26/h2-15H,1H3,(H,23,27). The van der Waals surface area contributed by atoms with E-state index >= 15 is 0 Å². The Morgan fingerprint density at radius 3 is 2.38 bits per heavy atom. The molecule has 1 N–H and O–H groups in total. The van der Waals surface area contributed by atoms with E-state index in [0.717, 1.165) is 0 Å². The zero-order chi connectivity index (χ0) is 20.1. The van der Waals surface area contributed by atoms with Gasteiger partial charge in [0, 0.05) is 29.7 Å². The van der Waals surface area contributed by atoms with Crippen molar-refractivity contribution >= 4 is 11.6 Å². The molecule has 7 nitrogen and oxygen atoms in total. The molecule has 0 radical (unpaired) electrons. The van der Waals surface area contributed by atoms with Gasteiger partial charge in [-0.05, 0) is 60.7 Å². The van der Waals surface area contributed by atoms with Gasteiger partial charge in [-0.3, -0.25) is 4.79 Å². The first-order valence-corrected chi connectivity index (χ1v) is 8.92. The van der Waals surface area contributed by atoms with Crippen molar-refractivity contribution in [3.05, 3.63) is 90.8 Å². The number of rotatable bonds is 6. The van der Waals surface area contributed by atoms with Crippen molar-refractivity contribution in [1.82, 2.24) is 14.8 Å². The SMILES string of the molecule is COc1cccc(C(=O)Nc2ccc(Oc3ccc(-n4cccc4)nn3)cc2)c1. The molecule has 0 saturated heterocycles. The molecule has 2 aromatic heterocycles. The van der Waals surface area contributed by atoms with E-state index in [-0.39, 0.29) is 5.91 Å². The van der Waals surface area contributed by atoms with E-state index in [0.29, 0.717) is 34.4 Å². The Kier molecular flexibility index (Phi) is 5.20. The van der Waals surface area contributed by atoms with E-state index < -0.39 is 0 Å². The molecule has 0 saturated carbocycles. The minimum absolute atomic E-state index is 0.218. The van der Waals surface area contributed by atoms with Crippen LogP contribution in [0.5, 0.6) is 17.4 Å². The van der Waals surface area contributed by atoms with E-state index in [1.165, 1.54) is 0 Å². The van der Waals surface area contributed by atoms with Gasteiger partial charge in [-0.15, -0.1) is 10.2 Å². The van der Waals surface area contributed by atoms with Crippen molar-refractivity contribution in [3.63, 3.8) is 0 Å². The molecule has 0 bridgehead atoms. The van der Waals surface area contributed by atoms with Crippen LogP contribution < -0.4 is 14.8 Å². The van der Waals surface area contributed by atoms with Crippen molar-refractivity contribution in [3.8, 4) is 23.2 Å². The van der Waals surface area contributed by atoms with E-state index in [9.17, 15) is 4.79 Å². The Morgan fingerprint density at radius 2 is 1.69 bits per heavy atom. The molecule has 1 amide bonds. The predicted molar refractivity (Wildman–Crippen MR) is 109 cm³/mol. The summed E-state index contributed by atoms with van der Waals surface area (Å²) in [5.41, 5.74) is 1.17. The van der Waals surface area contributed by atoms with Crippen LogP contribution in [0.2, 0.25) is 0 Å². The third kappa shape index (κ3) is 4.41. The zero-order valence-corrected chi connectivity index (χ0v) is 15.6. The highest BCUT2D eigenvalue weighted by atomic mass is 16.5. The number of carbonyl (C=O) groups excluding carboxylic acids is 1. The second kappa shape index (κ2) is 8.26. The smallest absolute Gasteiger partial charge is 0.255 e. The molecule has 7 heteroatoms. The van der Waals surface area contributed by atoms with Crippen LogP contribution in [-0.4, -0.2) is 27.8 Å². The van der Waals surface area contributed by atoms with Crippen LogP contribution in [-0.2, 0) is 0 Å². The average Bonchev–Trinajstić information content (AvgIpc) is 3.31. The first-order chi connectivity index (χ1) is 14.2. The largest absolute Gasteiger partial charge is 0.497 e. The number of anilines is 1. The molecule has 2 heterocycles. The van der Waals surface area contributed by atoms with E-state index in [4.69, 9.17) is 9.47 Å². The number of nitrogens with one attached hydrogen (secondary N) is 1. The van der Waals surface area contributed by atoms with Gasteiger partial charge in [0.15, 0.2) is 5.82 Å². The van der Waals surface area contributed by atoms with Crippen molar-refractivity contribution in [2.45, 2.75) is 0 Å². The summed E-state index contributed by atoms with van der Waals surface area (Å²) in [5.74, 6) is 2.09. The number of hydrogen-bond acceptors (Lipinski definition) is 5. The van der Waals surface area contributed by atoms with Crippen LogP contribution in [0.1, 0.15) is 10.4 Å². The summed E-state index contributed by atoms with van der Waals surface area (Å²) in [6, 6.07) is 21.4. The maximum atomic E-state index is 12.4. The van der Waals surface area contributed by atoms with Gasteiger partial charge in [-0.2, -0.15) is 0 Å². The molecule has 4 rings (SSSR count). The molecule has 4 aromatic rings. The number of methoxy groups -OCH3 is 1.